The zero-order valence-corrected chi connectivity index (χ0v) is 18.3. The number of aromatic nitrogens is 2. The van der Waals surface area contributed by atoms with E-state index in [9.17, 15) is 19.7 Å². The number of aryl methyl sites for hydroxylation is 3. The molecule has 2 amide bonds. The Bertz CT molecular complexity index is 1170. The third-order valence-electron chi connectivity index (χ3n) is 4.76. The normalized spacial score (nSPS) is 10.6. The standard InChI is InChI=1S/C22H22ClN5O4/c1-14-12-15(2)27(26-14)11-5-10-24-21(29)18-6-3-4-7-20(18)25-22(30)17-9-8-16(28(31)32)13-19(17)23/h3-4,6-9,12-13H,5,10-11H2,1-2H3,(H,24,29)(H,25,30). The van der Waals surface area contributed by atoms with Crippen LogP contribution in [0.1, 0.15) is 38.5 Å². The number of non-ortho nitro benzene ring substituents is 1. The van der Waals surface area contributed by atoms with E-state index in [1.807, 2.05) is 24.6 Å². The largest absolute Gasteiger partial charge is 0.352 e. The number of hydrogen-bond acceptors (Lipinski definition) is 5. The van der Waals surface area contributed by atoms with Crippen molar-refractivity contribution >= 4 is 34.8 Å². The Morgan fingerprint density at radius 1 is 1.09 bits per heavy atom. The topological polar surface area (TPSA) is 119 Å². The number of anilines is 1. The Morgan fingerprint density at radius 2 is 1.84 bits per heavy atom. The smallest absolute Gasteiger partial charge is 0.270 e. The first kappa shape index (κ1) is 23.0. The Hall–Kier alpha value is -3.72. The van der Waals surface area contributed by atoms with Crippen LogP contribution in [0.15, 0.2) is 48.5 Å². The van der Waals surface area contributed by atoms with Gasteiger partial charge in [0.1, 0.15) is 0 Å². The lowest BCUT2D eigenvalue weighted by Crippen LogP contribution is -2.27. The number of nitro groups is 1. The van der Waals surface area contributed by atoms with Crippen LogP contribution in [0.4, 0.5) is 11.4 Å². The highest BCUT2D eigenvalue weighted by atomic mass is 35.5. The first-order valence-corrected chi connectivity index (χ1v) is 10.3. The molecule has 0 radical (unpaired) electrons. The van der Waals surface area contributed by atoms with Crippen molar-refractivity contribution < 1.29 is 14.5 Å². The molecule has 0 atom stereocenters. The lowest BCUT2D eigenvalue weighted by atomic mass is 10.1. The first-order valence-electron chi connectivity index (χ1n) is 9.90. The van der Waals surface area contributed by atoms with Gasteiger partial charge in [-0.05, 0) is 44.5 Å². The minimum absolute atomic E-state index is 0.0530. The molecule has 0 saturated carbocycles. The highest BCUT2D eigenvalue weighted by Gasteiger charge is 2.18. The molecule has 0 fully saturated rings. The summed E-state index contributed by atoms with van der Waals surface area (Å²) in [4.78, 5) is 35.6. The zero-order chi connectivity index (χ0) is 23.3. The van der Waals surface area contributed by atoms with Gasteiger partial charge in [-0.25, -0.2) is 0 Å². The third kappa shape index (κ3) is 5.50. The predicted octanol–water partition coefficient (Wildman–Crippen LogP) is 4.13. The highest BCUT2D eigenvalue weighted by molar-refractivity contribution is 6.34. The van der Waals surface area contributed by atoms with Crippen LogP contribution in [0.5, 0.6) is 0 Å². The molecule has 0 spiro atoms. The number of carbonyl (C=O) groups is 2. The number of carbonyl (C=O) groups excluding carboxylic acids is 2. The molecule has 0 aliphatic heterocycles. The highest BCUT2D eigenvalue weighted by Crippen LogP contribution is 2.24. The Morgan fingerprint density at radius 3 is 2.50 bits per heavy atom. The van der Waals surface area contributed by atoms with Crippen LogP contribution in [0.2, 0.25) is 5.02 Å². The maximum Gasteiger partial charge on any atom is 0.270 e. The van der Waals surface area contributed by atoms with Gasteiger partial charge in [0.2, 0.25) is 0 Å². The summed E-state index contributed by atoms with van der Waals surface area (Å²) in [6.45, 7) is 5.03. The number of rotatable bonds is 8. The summed E-state index contributed by atoms with van der Waals surface area (Å²) in [7, 11) is 0. The second-order valence-electron chi connectivity index (χ2n) is 7.18. The molecule has 0 saturated heterocycles. The van der Waals surface area contributed by atoms with Crippen LogP contribution in [0.25, 0.3) is 0 Å². The molecule has 0 bridgehead atoms. The summed E-state index contributed by atoms with van der Waals surface area (Å²) in [5.74, 6) is -0.904. The summed E-state index contributed by atoms with van der Waals surface area (Å²) in [5.41, 5.74) is 2.47. The monoisotopic (exact) mass is 455 g/mol. The second-order valence-corrected chi connectivity index (χ2v) is 7.59. The molecule has 2 aromatic carbocycles. The fourth-order valence-corrected chi connectivity index (χ4v) is 3.47. The second kappa shape index (κ2) is 10.1. The third-order valence-corrected chi connectivity index (χ3v) is 5.08. The maximum absolute atomic E-state index is 12.7. The van der Waals surface area contributed by atoms with Crippen LogP contribution in [0, 0.1) is 24.0 Å². The summed E-state index contributed by atoms with van der Waals surface area (Å²) in [6, 6.07) is 12.2. The van der Waals surface area contributed by atoms with Crippen molar-refractivity contribution in [2.75, 3.05) is 11.9 Å². The Balaban J connectivity index is 1.63. The Labute approximate surface area is 189 Å². The van der Waals surface area contributed by atoms with E-state index in [1.165, 1.54) is 12.1 Å². The van der Waals surface area contributed by atoms with Crippen molar-refractivity contribution in [3.63, 3.8) is 0 Å². The molecule has 9 nitrogen and oxygen atoms in total. The van der Waals surface area contributed by atoms with E-state index in [0.717, 1.165) is 17.5 Å². The van der Waals surface area contributed by atoms with Gasteiger partial charge in [-0.3, -0.25) is 24.4 Å². The van der Waals surface area contributed by atoms with Crippen molar-refractivity contribution in [1.82, 2.24) is 15.1 Å². The van der Waals surface area contributed by atoms with Gasteiger partial charge in [-0.15, -0.1) is 0 Å². The van der Waals surface area contributed by atoms with Gasteiger partial charge in [-0.2, -0.15) is 5.10 Å². The number of hydrogen-bond donors (Lipinski definition) is 2. The molecule has 0 aliphatic rings. The molecule has 32 heavy (non-hydrogen) atoms. The van der Waals surface area contributed by atoms with Gasteiger partial charge in [0.05, 0.1) is 32.5 Å². The summed E-state index contributed by atoms with van der Waals surface area (Å²) in [5, 5.41) is 20.7. The Kier molecular flexibility index (Phi) is 7.21. The lowest BCUT2D eigenvalue weighted by Gasteiger charge is -2.12. The molecule has 1 aromatic heterocycles. The molecule has 166 valence electrons. The van der Waals surface area contributed by atoms with E-state index < -0.39 is 10.8 Å². The van der Waals surface area contributed by atoms with Gasteiger partial charge in [-0.1, -0.05) is 23.7 Å². The van der Waals surface area contributed by atoms with Crippen molar-refractivity contribution in [3.8, 4) is 0 Å². The summed E-state index contributed by atoms with van der Waals surface area (Å²) >= 11 is 6.03. The zero-order valence-electron chi connectivity index (χ0n) is 17.6. The summed E-state index contributed by atoms with van der Waals surface area (Å²) in [6.07, 6.45) is 0.695. The molecular weight excluding hydrogens is 434 g/mol. The molecule has 2 N–H and O–H groups in total. The molecule has 0 unspecified atom stereocenters. The van der Waals surface area contributed by atoms with E-state index in [-0.39, 0.29) is 22.2 Å². The van der Waals surface area contributed by atoms with E-state index >= 15 is 0 Å². The number of nitro benzene ring substituents is 1. The summed E-state index contributed by atoms with van der Waals surface area (Å²) < 4.78 is 1.89. The molecule has 1 heterocycles. The maximum atomic E-state index is 12.7. The van der Waals surface area contributed by atoms with Crippen LogP contribution < -0.4 is 10.6 Å². The number of nitrogens with one attached hydrogen (secondary N) is 2. The minimum atomic E-state index is -0.595. The van der Waals surface area contributed by atoms with Crippen LogP contribution in [-0.2, 0) is 6.54 Å². The number of halogens is 1. The van der Waals surface area contributed by atoms with Gasteiger partial charge < -0.3 is 10.6 Å². The van der Waals surface area contributed by atoms with E-state index in [2.05, 4.69) is 15.7 Å². The number of amides is 2. The number of para-hydroxylation sites is 1. The fourth-order valence-electron chi connectivity index (χ4n) is 3.21. The average Bonchev–Trinajstić information content (AvgIpc) is 3.08. The first-order chi connectivity index (χ1) is 15.3. The fraction of sp³-hybridized carbons (Fsp3) is 0.227. The van der Waals surface area contributed by atoms with Gasteiger partial charge in [0, 0.05) is 30.9 Å². The predicted molar refractivity (Wildman–Crippen MR) is 121 cm³/mol. The minimum Gasteiger partial charge on any atom is -0.352 e. The number of nitrogens with zero attached hydrogens (tertiary/aromatic N) is 3. The van der Waals surface area contributed by atoms with Crippen LogP contribution in [0.3, 0.4) is 0 Å². The van der Waals surface area contributed by atoms with Crippen LogP contribution in [-0.4, -0.2) is 33.1 Å². The van der Waals surface area contributed by atoms with Crippen molar-refractivity contribution in [2.24, 2.45) is 0 Å². The SMILES string of the molecule is Cc1cc(C)n(CCCNC(=O)c2ccccc2NC(=O)c2ccc([N+](=O)[O-])cc2Cl)n1. The van der Waals surface area contributed by atoms with Gasteiger partial charge >= 0.3 is 0 Å². The van der Waals surface area contributed by atoms with Gasteiger partial charge in [0.15, 0.2) is 0 Å². The quantitative estimate of drug-likeness (QED) is 0.300. The molecule has 10 heteroatoms. The van der Waals surface area contributed by atoms with Gasteiger partial charge in [0.25, 0.3) is 17.5 Å². The van der Waals surface area contributed by atoms with E-state index in [4.69, 9.17) is 11.6 Å². The van der Waals surface area contributed by atoms with Crippen LogP contribution >= 0.6 is 11.6 Å². The van der Waals surface area contributed by atoms with E-state index in [0.29, 0.717) is 30.8 Å². The lowest BCUT2D eigenvalue weighted by molar-refractivity contribution is -0.384. The molecule has 0 aliphatic carbocycles. The molecule has 3 rings (SSSR count). The van der Waals surface area contributed by atoms with Crippen molar-refractivity contribution in [1.29, 1.82) is 0 Å². The van der Waals surface area contributed by atoms with Crippen molar-refractivity contribution in [2.45, 2.75) is 26.8 Å². The van der Waals surface area contributed by atoms with E-state index in [1.54, 1.807) is 24.3 Å². The molecule has 3 aromatic rings. The molecular formula is C22H22ClN5O4. The average molecular weight is 456 g/mol. The van der Waals surface area contributed by atoms with Crippen molar-refractivity contribution in [3.05, 3.63) is 86.2 Å². The number of benzene rings is 2.